The SMILES string of the molecule is Cc1cc(-c2[nH]c3ccc(C4CCN(C(=O)CC(C)C)CC4)cc3c2C(C)C)ccn1. The number of likely N-dealkylation sites (tertiary alicyclic amines) is 1. The average Bonchev–Trinajstić information content (AvgIpc) is 3.12. The van der Waals surface area contributed by atoms with Crippen LogP contribution in [0.3, 0.4) is 0 Å². The third-order valence-corrected chi connectivity index (χ3v) is 6.53. The molecule has 4 rings (SSSR count). The Morgan fingerprint density at radius 2 is 1.87 bits per heavy atom. The summed E-state index contributed by atoms with van der Waals surface area (Å²) in [5.74, 6) is 1.68. The molecule has 0 bridgehead atoms. The molecule has 1 saturated heterocycles. The molecule has 1 aliphatic heterocycles. The molecule has 1 N–H and O–H groups in total. The number of hydrogen-bond donors (Lipinski definition) is 1. The summed E-state index contributed by atoms with van der Waals surface area (Å²) in [5, 5.41) is 1.33. The number of rotatable bonds is 5. The lowest BCUT2D eigenvalue weighted by atomic mass is 9.87. The Morgan fingerprint density at radius 3 is 2.52 bits per heavy atom. The van der Waals surface area contributed by atoms with Gasteiger partial charge in [-0.1, -0.05) is 33.8 Å². The van der Waals surface area contributed by atoms with Gasteiger partial charge in [0.05, 0.1) is 5.69 Å². The number of aromatic amines is 1. The predicted molar refractivity (Wildman–Crippen MR) is 128 cm³/mol. The maximum Gasteiger partial charge on any atom is 0.222 e. The number of H-pyrrole nitrogens is 1. The van der Waals surface area contributed by atoms with Gasteiger partial charge in [-0.3, -0.25) is 9.78 Å². The highest BCUT2D eigenvalue weighted by Crippen LogP contribution is 2.38. The van der Waals surface area contributed by atoms with E-state index in [2.05, 4.69) is 72.9 Å². The van der Waals surface area contributed by atoms with Crippen LogP contribution in [0.2, 0.25) is 0 Å². The number of aromatic nitrogens is 2. The van der Waals surface area contributed by atoms with E-state index in [0.29, 0.717) is 30.1 Å². The normalized spacial score (nSPS) is 15.4. The van der Waals surface area contributed by atoms with E-state index in [1.165, 1.54) is 33.3 Å². The van der Waals surface area contributed by atoms with Gasteiger partial charge in [-0.2, -0.15) is 0 Å². The Kier molecular flexibility index (Phi) is 6.17. The van der Waals surface area contributed by atoms with Gasteiger partial charge in [-0.15, -0.1) is 0 Å². The van der Waals surface area contributed by atoms with Crippen LogP contribution in [0.4, 0.5) is 0 Å². The van der Waals surface area contributed by atoms with Gasteiger partial charge in [0.25, 0.3) is 0 Å². The van der Waals surface area contributed by atoms with Crippen LogP contribution in [-0.2, 0) is 4.79 Å². The molecule has 1 amide bonds. The van der Waals surface area contributed by atoms with Crippen LogP contribution in [0.5, 0.6) is 0 Å². The van der Waals surface area contributed by atoms with Crippen molar-refractivity contribution >= 4 is 16.8 Å². The van der Waals surface area contributed by atoms with Crippen molar-refractivity contribution in [3.8, 4) is 11.3 Å². The standard InChI is InChI=1S/C27H35N3O/c1-17(2)14-25(31)30-12-9-20(10-13-30)21-6-7-24-23(16-21)26(18(3)4)27(29-24)22-8-11-28-19(5)15-22/h6-8,11,15-18,20,29H,9-10,12-14H2,1-5H3. The molecule has 0 saturated carbocycles. The molecule has 1 aromatic carbocycles. The zero-order valence-corrected chi connectivity index (χ0v) is 19.5. The van der Waals surface area contributed by atoms with E-state index in [9.17, 15) is 4.79 Å². The van der Waals surface area contributed by atoms with Crippen molar-refractivity contribution in [2.75, 3.05) is 13.1 Å². The van der Waals surface area contributed by atoms with Gasteiger partial charge in [0.15, 0.2) is 0 Å². The second-order valence-corrected chi connectivity index (χ2v) is 9.81. The number of nitrogens with zero attached hydrogens (tertiary/aromatic N) is 2. The number of nitrogens with one attached hydrogen (secondary N) is 1. The van der Waals surface area contributed by atoms with Crippen molar-refractivity contribution < 1.29 is 4.79 Å². The number of benzene rings is 1. The molecule has 0 atom stereocenters. The first kappa shape index (κ1) is 21.6. The minimum Gasteiger partial charge on any atom is -0.354 e. The molecule has 0 aliphatic carbocycles. The van der Waals surface area contributed by atoms with E-state index in [1.807, 2.05) is 13.1 Å². The molecule has 4 heteroatoms. The van der Waals surface area contributed by atoms with Gasteiger partial charge in [0, 0.05) is 47.9 Å². The number of hydrogen-bond acceptors (Lipinski definition) is 2. The summed E-state index contributed by atoms with van der Waals surface area (Å²) >= 11 is 0. The van der Waals surface area contributed by atoms with Crippen LogP contribution < -0.4 is 0 Å². The maximum atomic E-state index is 12.4. The number of amides is 1. The van der Waals surface area contributed by atoms with Crippen LogP contribution in [0, 0.1) is 12.8 Å². The molecule has 164 valence electrons. The van der Waals surface area contributed by atoms with Crippen molar-refractivity contribution in [2.45, 2.75) is 65.7 Å². The molecule has 2 aromatic heterocycles. The van der Waals surface area contributed by atoms with E-state index in [0.717, 1.165) is 31.6 Å². The van der Waals surface area contributed by atoms with Crippen LogP contribution >= 0.6 is 0 Å². The smallest absolute Gasteiger partial charge is 0.222 e. The summed E-state index contributed by atoms with van der Waals surface area (Å²) in [6.45, 7) is 12.6. The number of pyridine rings is 1. The Bertz CT molecular complexity index is 1070. The second-order valence-electron chi connectivity index (χ2n) is 9.81. The van der Waals surface area contributed by atoms with Gasteiger partial charge in [0.1, 0.15) is 0 Å². The van der Waals surface area contributed by atoms with Crippen LogP contribution in [0.25, 0.3) is 22.2 Å². The highest BCUT2D eigenvalue weighted by atomic mass is 16.2. The van der Waals surface area contributed by atoms with Gasteiger partial charge in [0.2, 0.25) is 5.91 Å². The quantitative estimate of drug-likeness (QED) is 0.521. The second kappa shape index (κ2) is 8.86. The fourth-order valence-electron chi connectivity index (χ4n) is 4.95. The van der Waals surface area contributed by atoms with E-state index in [1.54, 1.807) is 0 Å². The summed E-state index contributed by atoms with van der Waals surface area (Å²) in [4.78, 5) is 22.5. The third kappa shape index (κ3) is 4.53. The van der Waals surface area contributed by atoms with Crippen molar-refractivity contribution in [3.63, 3.8) is 0 Å². The van der Waals surface area contributed by atoms with Gasteiger partial charge in [-0.25, -0.2) is 0 Å². The number of carbonyl (C=O) groups is 1. The zero-order valence-electron chi connectivity index (χ0n) is 19.5. The number of carbonyl (C=O) groups excluding carboxylic acids is 1. The topological polar surface area (TPSA) is 49.0 Å². The summed E-state index contributed by atoms with van der Waals surface area (Å²) in [7, 11) is 0. The summed E-state index contributed by atoms with van der Waals surface area (Å²) < 4.78 is 0. The molecule has 31 heavy (non-hydrogen) atoms. The van der Waals surface area contributed by atoms with Crippen molar-refractivity contribution in [1.29, 1.82) is 0 Å². The fourth-order valence-corrected chi connectivity index (χ4v) is 4.95. The lowest BCUT2D eigenvalue weighted by Gasteiger charge is -2.32. The van der Waals surface area contributed by atoms with Crippen molar-refractivity contribution in [2.24, 2.45) is 5.92 Å². The molecule has 1 fully saturated rings. The highest BCUT2D eigenvalue weighted by Gasteiger charge is 2.25. The Labute approximate surface area is 186 Å². The highest BCUT2D eigenvalue weighted by molar-refractivity contribution is 5.92. The van der Waals surface area contributed by atoms with Crippen molar-refractivity contribution in [3.05, 3.63) is 53.3 Å². The van der Waals surface area contributed by atoms with Crippen LogP contribution in [0.15, 0.2) is 36.5 Å². The zero-order chi connectivity index (χ0) is 22.1. The molecular weight excluding hydrogens is 382 g/mol. The molecule has 3 aromatic rings. The largest absolute Gasteiger partial charge is 0.354 e. The average molecular weight is 418 g/mol. The molecule has 0 radical (unpaired) electrons. The number of aryl methyl sites for hydroxylation is 1. The Morgan fingerprint density at radius 1 is 1.13 bits per heavy atom. The monoisotopic (exact) mass is 417 g/mol. The van der Waals surface area contributed by atoms with Gasteiger partial charge in [-0.05, 0) is 72.9 Å². The summed E-state index contributed by atoms with van der Waals surface area (Å²) in [6, 6.07) is 11.2. The Balaban J connectivity index is 1.61. The van der Waals surface area contributed by atoms with Crippen LogP contribution in [-0.4, -0.2) is 33.9 Å². The van der Waals surface area contributed by atoms with E-state index in [4.69, 9.17) is 0 Å². The van der Waals surface area contributed by atoms with E-state index < -0.39 is 0 Å². The molecule has 0 spiro atoms. The molecule has 1 aliphatic rings. The van der Waals surface area contributed by atoms with Gasteiger partial charge >= 0.3 is 0 Å². The first-order valence-corrected chi connectivity index (χ1v) is 11.7. The first-order valence-electron chi connectivity index (χ1n) is 11.7. The minimum atomic E-state index is 0.314. The number of piperidine rings is 1. The summed E-state index contributed by atoms with van der Waals surface area (Å²) in [5.41, 5.74) is 7.42. The fraction of sp³-hybridized carbons (Fsp3) is 0.481. The lowest BCUT2D eigenvalue weighted by Crippen LogP contribution is -2.38. The van der Waals surface area contributed by atoms with Gasteiger partial charge < -0.3 is 9.88 Å². The lowest BCUT2D eigenvalue weighted by molar-refractivity contribution is -0.133. The minimum absolute atomic E-state index is 0.314. The molecular formula is C27H35N3O. The Hall–Kier alpha value is -2.62. The molecule has 3 heterocycles. The summed E-state index contributed by atoms with van der Waals surface area (Å²) in [6.07, 6.45) is 4.65. The third-order valence-electron chi connectivity index (χ3n) is 6.53. The number of fused-ring (bicyclic) bond motifs is 1. The maximum absolute atomic E-state index is 12.4. The molecule has 0 unspecified atom stereocenters. The first-order chi connectivity index (χ1) is 14.8. The molecule has 4 nitrogen and oxygen atoms in total. The van der Waals surface area contributed by atoms with Crippen LogP contribution in [0.1, 0.15) is 75.6 Å². The van der Waals surface area contributed by atoms with E-state index >= 15 is 0 Å². The van der Waals surface area contributed by atoms with E-state index in [-0.39, 0.29) is 0 Å². The predicted octanol–water partition coefficient (Wildman–Crippen LogP) is 6.41. The van der Waals surface area contributed by atoms with Crippen molar-refractivity contribution in [1.82, 2.24) is 14.9 Å².